The molecule has 0 heterocycles. The van der Waals surface area contributed by atoms with Crippen molar-refractivity contribution >= 4 is 26.2 Å². The summed E-state index contributed by atoms with van der Waals surface area (Å²) >= 11 is 2.96. The second-order valence-corrected chi connectivity index (χ2v) is 4.74. The van der Waals surface area contributed by atoms with Crippen LogP contribution in [0.15, 0.2) is 22.7 Å². The Morgan fingerprint density at radius 1 is 1.31 bits per heavy atom. The summed E-state index contributed by atoms with van der Waals surface area (Å²) in [5.41, 5.74) is 0.0781. The summed E-state index contributed by atoms with van der Waals surface area (Å²) < 4.78 is 45.6. The summed E-state index contributed by atoms with van der Waals surface area (Å²) in [6, 6.07) is 3.48. The third kappa shape index (κ3) is 3.82. The molecule has 0 aliphatic carbocycles. The lowest BCUT2D eigenvalue weighted by Gasteiger charge is -1.98. The van der Waals surface area contributed by atoms with Crippen molar-refractivity contribution in [3.8, 4) is 0 Å². The van der Waals surface area contributed by atoms with Crippen molar-refractivity contribution in [2.45, 2.75) is 5.75 Å². The van der Waals surface area contributed by atoms with Crippen molar-refractivity contribution in [2.75, 3.05) is 0 Å². The molecule has 0 saturated heterocycles. The minimum atomic E-state index is -4.60. The highest BCUT2D eigenvalue weighted by Gasteiger charge is 2.10. The van der Waals surface area contributed by atoms with Gasteiger partial charge in [-0.3, -0.25) is 0 Å². The lowest BCUT2D eigenvalue weighted by atomic mass is 10.2. The van der Waals surface area contributed by atoms with E-state index in [0.29, 0.717) is 4.47 Å². The quantitative estimate of drug-likeness (QED) is 0.774. The number of halogens is 3. The smallest absolute Gasteiger partial charge is 0.207 e. The van der Waals surface area contributed by atoms with Gasteiger partial charge < -0.3 is 0 Å². The minimum absolute atomic E-state index is 0.0781. The van der Waals surface area contributed by atoms with Crippen LogP contribution in [0.3, 0.4) is 0 Å². The van der Waals surface area contributed by atoms with Gasteiger partial charge >= 0.3 is 10.2 Å². The minimum Gasteiger partial charge on any atom is -0.207 e. The van der Waals surface area contributed by atoms with Crippen LogP contribution in [0.25, 0.3) is 0 Å². The highest BCUT2D eigenvalue weighted by Crippen LogP contribution is 2.17. The van der Waals surface area contributed by atoms with Gasteiger partial charge in [-0.1, -0.05) is 15.9 Å². The Balaban J connectivity index is 3.03. The predicted octanol–water partition coefficient (Wildman–Crippen LogP) is 2.39. The largest absolute Gasteiger partial charge is 0.306 e. The van der Waals surface area contributed by atoms with Crippen molar-refractivity contribution in [2.24, 2.45) is 0 Å². The molecule has 0 radical (unpaired) electrons. The zero-order valence-electron chi connectivity index (χ0n) is 6.30. The molecule has 0 aromatic heterocycles. The van der Waals surface area contributed by atoms with Crippen LogP contribution in [0.5, 0.6) is 0 Å². The fourth-order valence-electron chi connectivity index (χ4n) is 0.893. The maximum absolute atomic E-state index is 12.7. The number of hydrogen-bond acceptors (Lipinski definition) is 2. The van der Waals surface area contributed by atoms with E-state index in [0.717, 1.165) is 12.1 Å². The Hall–Kier alpha value is -0.490. The predicted molar refractivity (Wildman–Crippen MR) is 47.8 cm³/mol. The standard InChI is InChI=1S/C7H5BrF2O2S/c8-6-1-5(2-7(9)3-6)4-13(10,11)12/h1-3H,4H2. The summed E-state index contributed by atoms with van der Waals surface area (Å²) in [5.74, 6) is -1.41. The number of hydrogen-bond donors (Lipinski definition) is 0. The van der Waals surface area contributed by atoms with E-state index in [9.17, 15) is 16.7 Å². The van der Waals surface area contributed by atoms with Crippen molar-refractivity contribution < 1.29 is 16.7 Å². The maximum atomic E-state index is 12.7. The van der Waals surface area contributed by atoms with Gasteiger partial charge in [0.05, 0.1) is 0 Å². The average Bonchev–Trinajstić information content (AvgIpc) is 1.78. The molecule has 0 saturated carbocycles. The van der Waals surface area contributed by atoms with Crippen LogP contribution in [-0.2, 0) is 16.0 Å². The highest BCUT2D eigenvalue weighted by atomic mass is 79.9. The van der Waals surface area contributed by atoms with Crippen LogP contribution < -0.4 is 0 Å². The summed E-state index contributed by atoms with van der Waals surface area (Å²) in [7, 11) is -4.60. The van der Waals surface area contributed by atoms with Crippen LogP contribution in [0.1, 0.15) is 5.56 Å². The first kappa shape index (κ1) is 10.6. The Labute approximate surface area is 82.9 Å². The Morgan fingerprint density at radius 3 is 2.38 bits per heavy atom. The van der Waals surface area contributed by atoms with E-state index in [1.54, 1.807) is 0 Å². The first-order chi connectivity index (χ1) is 5.87. The second-order valence-electron chi connectivity index (χ2n) is 2.46. The van der Waals surface area contributed by atoms with Gasteiger partial charge in [0.25, 0.3) is 0 Å². The lowest BCUT2D eigenvalue weighted by molar-refractivity contribution is 0.551. The van der Waals surface area contributed by atoms with Crippen LogP contribution >= 0.6 is 15.9 Å². The Morgan fingerprint density at radius 2 is 1.92 bits per heavy atom. The third-order valence-corrected chi connectivity index (χ3v) is 2.40. The molecule has 0 amide bonds. The molecule has 1 aromatic carbocycles. The summed E-state index contributed by atoms with van der Waals surface area (Å²) in [5, 5.41) is 0. The molecule has 1 rings (SSSR count). The van der Waals surface area contributed by atoms with E-state index in [-0.39, 0.29) is 5.56 Å². The van der Waals surface area contributed by atoms with Crippen molar-refractivity contribution in [3.05, 3.63) is 34.1 Å². The summed E-state index contributed by atoms with van der Waals surface area (Å²) in [6.07, 6.45) is 0. The SMILES string of the molecule is O=S(=O)(F)Cc1cc(F)cc(Br)c1. The molecule has 6 heteroatoms. The Bertz CT molecular complexity index is 396. The lowest BCUT2D eigenvalue weighted by Crippen LogP contribution is -1.96. The fourth-order valence-corrected chi connectivity index (χ4v) is 1.97. The van der Waals surface area contributed by atoms with E-state index in [1.165, 1.54) is 6.07 Å². The van der Waals surface area contributed by atoms with Gasteiger partial charge in [-0.2, -0.15) is 8.42 Å². The molecule has 0 unspecified atom stereocenters. The van der Waals surface area contributed by atoms with E-state index in [4.69, 9.17) is 0 Å². The van der Waals surface area contributed by atoms with Crippen LogP contribution in [-0.4, -0.2) is 8.42 Å². The van der Waals surface area contributed by atoms with Crippen molar-refractivity contribution in [3.63, 3.8) is 0 Å². The second kappa shape index (κ2) is 3.71. The van der Waals surface area contributed by atoms with E-state index in [2.05, 4.69) is 15.9 Å². The molecule has 72 valence electrons. The van der Waals surface area contributed by atoms with Crippen LogP contribution in [0, 0.1) is 5.82 Å². The molecule has 0 spiro atoms. The van der Waals surface area contributed by atoms with Crippen LogP contribution in [0.4, 0.5) is 8.28 Å². The molecule has 0 aliphatic rings. The number of benzene rings is 1. The first-order valence-corrected chi connectivity index (χ1v) is 5.59. The topological polar surface area (TPSA) is 34.1 Å². The van der Waals surface area contributed by atoms with E-state index < -0.39 is 21.8 Å². The zero-order valence-corrected chi connectivity index (χ0v) is 8.70. The molecule has 0 fully saturated rings. The number of rotatable bonds is 2. The Kier molecular flexibility index (Phi) is 3.02. The monoisotopic (exact) mass is 270 g/mol. The maximum Gasteiger partial charge on any atom is 0.306 e. The summed E-state index contributed by atoms with van der Waals surface area (Å²) in [6.45, 7) is 0. The highest BCUT2D eigenvalue weighted by molar-refractivity contribution is 9.10. The van der Waals surface area contributed by atoms with Crippen molar-refractivity contribution in [1.29, 1.82) is 0 Å². The molecule has 0 N–H and O–H groups in total. The normalized spacial score (nSPS) is 11.6. The molecule has 0 bridgehead atoms. The zero-order chi connectivity index (χ0) is 10.1. The molecule has 0 aliphatic heterocycles. The van der Waals surface area contributed by atoms with E-state index >= 15 is 0 Å². The molecule has 0 atom stereocenters. The molecular formula is C7H5BrF2O2S. The average molecular weight is 271 g/mol. The van der Waals surface area contributed by atoms with Gasteiger partial charge in [0.15, 0.2) is 0 Å². The molecule has 1 aromatic rings. The van der Waals surface area contributed by atoms with Gasteiger partial charge in [0, 0.05) is 4.47 Å². The van der Waals surface area contributed by atoms with Crippen molar-refractivity contribution in [1.82, 2.24) is 0 Å². The van der Waals surface area contributed by atoms with Gasteiger partial charge in [-0.25, -0.2) is 4.39 Å². The summed E-state index contributed by atoms with van der Waals surface area (Å²) in [4.78, 5) is 0. The van der Waals surface area contributed by atoms with Gasteiger partial charge in [-0.05, 0) is 23.8 Å². The van der Waals surface area contributed by atoms with E-state index in [1.807, 2.05) is 0 Å². The molecule has 2 nitrogen and oxygen atoms in total. The molecular weight excluding hydrogens is 266 g/mol. The van der Waals surface area contributed by atoms with Crippen LogP contribution in [0.2, 0.25) is 0 Å². The van der Waals surface area contributed by atoms with Gasteiger partial charge in [0.2, 0.25) is 0 Å². The first-order valence-electron chi connectivity index (χ1n) is 3.24. The van der Waals surface area contributed by atoms with Gasteiger partial charge in [-0.15, -0.1) is 3.89 Å². The third-order valence-electron chi connectivity index (χ3n) is 1.26. The van der Waals surface area contributed by atoms with Gasteiger partial charge in [0.1, 0.15) is 11.6 Å². The fraction of sp³-hybridized carbons (Fsp3) is 0.143. The molecule has 13 heavy (non-hydrogen) atoms.